The number of nitrogens with one attached hydrogen (secondary N) is 1. The lowest BCUT2D eigenvalue weighted by Crippen LogP contribution is -2.04. The molecule has 1 N–H and O–H groups in total. The highest BCUT2D eigenvalue weighted by molar-refractivity contribution is 5.41. The minimum absolute atomic E-state index is 0.736. The van der Waals surface area contributed by atoms with Crippen LogP contribution in [0.5, 0.6) is 0 Å². The van der Waals surface area contributed by atoms with Gasteiger partial charge in [-0.3, -0.25) is 4.57 Å². The summed E-state index contributed by atoms with van der Waals surface area (Å²) in [5.74, 6) is 2.51. The fourth-order valence-corrected chi connectivity index (χ4v) is 1.98. The molecule has 2 aromatic heterocycles. The molecule has 0 spiro atoms. The Morgan fingerprint density at radius 3 is 2.70 bits per heavy atom. The van der Waals surface area contributed by atoms with Crippen molar-refractivity contribution < 1.29 is 0 Å². The molecular formula is C15H15N5. The molecule has 5 heteroatoms. The predicted octanol–water partition coefficient (Wildman–Crippen LogP) is 2.58. The van der Waals surface area contributed by atoms with Gasteiger partial charge in [0.2, 0.25) is 0 Å². The topological polar surface area (TPSA) is 55.6 Å². The molecule has 20 heavy (non-hydrogen) atoms. The summed E-state index contributed by atoms with van der Waals surface area (Å²) in [5, 5.41) is 3.30. The zero-order chi connectivity index (χ0) is 13.8. The number of benzene rings is 1. The summed E-state index contributed by atoms with van der Waals surface area (Å²) in [5.41, 5.74) is 1.21. The lowest BCUT2D eigenvalue weighted by atomic mass is 10.2. The van der Waals surface area contributed by atoms with Gasteiger partial charge in [0.05, 0.1) is 0 Å². The SMILES string of the molecule is Cc1nccn1-c1cc(NCc2ccccc2)ncn1. The number of hydrogen-bond donors (Lipinski definition) is 1. The normalized spacial score (nSPS) is 10.4. The van der Waals surface area contributed by atoms with Crippen molar-refractivity contribution >= 4 is 5.82 Å². The number of hydrogen-bond acceptors (Lipinski definition) is 4. The Morgan fingerprint density at radius 2 is 1.95 bits per heavy atom. The van der Waals surface area contributed by atoms with E-state index in [2.05, 4.69) is 32.4 Å². The average Bonchev–Trinajstić information content (AvgIpc) is 2.93. The highest BCUT2D eigenvalue weighted by Crippen LogP contribution is 2.11. The van der Waals surface area contributed by atoms with Gasteiger partial charge in [-0.25, -0.2) is 15.0 Å². The van der Waals surface area contributed by atoms with Gasteiger partial charge < -0.3 is 5.32 Å². The van der Waals surface area contributed by atoms with Crippen molar-refractivity contribution in [1.29, 1.82) is 0 Å². The molecule has 3 rings (SSSR count). The van der Waals surface area contributed by atoms with Gasteiger partial charge in [0.15, 0.2) is 0 Å². The highest BCUT2D eigenvalue weighted by atomic mass is 15.1. The van der Waals surface area contributed by atoms with Gasteiger partial charge >= 0.3 is 0 Å². The molecule has 0 aliphatic rings. The smallest absolute Gasteiger partial charge is 0.143 e. The molecule has 0 saturated heterocycles. The molecule has 0 radical (unpaired) electrons. The lowest BCUT2D eigenvalue weighted by Gasteiger charge is -2.08. The maximum absolute atomic E-state index is 4.27. The molecule has 0 unspecified atom stereocenters. The number of nitrogens with zero attached hydrogens (tertiary/aromatic N) is 4. The van der Waals surface area contributed by atoms with Gasteiger partial charge in [-0.1, -0.05) is 30.3 Å². The Balaban J connectivity index is 1.77. The summed E-state index contributed by atoms with van der Waals surface area (Å²) < 4.78 is 1.93. The number of imidazole rings is 1. The van der Waals surface area contributed by atoms with E-state index in [4.69, 9.17) is 0 Å². The van der Waals surface area contributed by atoms with E-state index < -0.39 is 0 Å². The third-order valence-corrected chi connectivity index (χ3v) is 3.04. The van der Waals surface area contributed by atoms with Crippen molar-refractivity contribution in [1.82, 2.24) is 19.5 Å². The van der Waals surface area contributed by atoms with Crippen LogP contribution in [0.15, 0.2) is 55.1 Å². The third kappa shape index (κ3) is 2.66. The van der Waals surface area contributed by atoms with E-state index in [-0.39, 0.29) is 0 Å². The Morgan fingerprint density at radius 1 is 1.10 bits per heavy atom. The van der Waals surface area contributed by atoms with E-state index in [1.54, 1.807) is 12.5 Å². The van der Waals surface area contributed by atoms with Crippen molar-refractivity contribution in [2.45, 2.75) is 13.5 Å². The number of anilines is 1. The molecule has 0 fully saturated rings. The van der Waals surface area contributed by atoms with Crippen LogP contribution in [0.1, 0.15) is 11.4 Å². The van der Waals surface area contributed by atoms with E-state index in [0.29, 0.717) is 0 Å². The molecule has 100 valence electrons. The Hall–Kier alpha value is -2.69. The molecular weight excluding hydrogens is 250 g/mol. The lowest BCUT2D eigenvalue weighted by molar-refractivity contribution is 0.917. The van der Waals surface area contributed by atoms with Crippen LogP contribution in [-0.4, -0.2) is 19.5 Å². The maximum atomic E-state index is 4.27. The van der Waals surface area contributed by atoms with E-state index in [1.165, 1.54) is 5.56 Å². The zero-order valence-electron chi connectivity index (χ0n) is 11.2. The fourth-order valence-electron chi connectivity index (χ4n) is 1.98. The van der Waals surface area contributed by atoms with Crippen LogP contribution in [-0.2, 0) is 6.54 Å². The molecule has 1 aromatic carbocycles. The van der Waals surface area contributed by atoms with Crippen LogP contribution in [0.25, 0.3) is 5.82 Å². The van der Waals surface area contributed by atoms with Crippen molar-refractivity contribution in [3.63, 3.8) is 0 Å². The van der Waals surface area contributed by atoms with Crippen molar-refractivity contribution in [3.8, 4) is 5.82 Å². The summed E-state index contributed by atoms with van der Waals surface area (Å²) in [4.78, 5) is 12.7. The summed E-state index contributed by atoms with van der Waals surface area (Å²) in [6, 6.07) is 12.1. The molecule has 0 atom stereocenters. The van der Waals surface area contributed by atoms with E-state index in [9.17, 15) is 0 Å². The second kappa shape index (κ2) is 5.52. The number of rotatable bonds is 4. The molecule has 0 saturated carbocycles. The molecule has 0 amide bonds. The second-order valence-electron chi connectivity index (χ2n) is 4.45. The number of aryl methyl sites for hydroxylation is 1. The molecule has 0 aliphatic heterocycles. The predicted molar refractivity (Wildman–Crippen MR) is 77.7 cm³/mol. The fraction of sp³-hybridized carbons (Fsp3) is 0.133. The highest BCUT2D eigenvalue weighted by Gasteiger charge is 2.03. The molecule has 0 aliphatic carbocycles. The van der Waals surface area contributed by atoms with Gasteiger partial charge in [0.25, 0.3) is 0 Å². The van der Waals surface area contributed by atoms with E-state index >= 15 is 0 Å². The van der Waals surface area contributed by atoms with Gasteiger partial charge in [0.1, 0.15) is 23.8 Å². The minimum Gasteiger partial charge on any atom is -0.366 e. The first-order valence-corrected chi connectivity index (χ1v) is 6.43. The molecule has 2 heterocycles. The summed E-state index contributed by atoms with van der Waals surface area (Å²) in [6.45, 7) is 2.68. The quantitative estimate of drug-likeness (QED) is 0.787. The first-order valence-electron chi connectivity index (χ1n) is 6.43. The standard InChI is InChI=1S/C15H15N5/c1-12-16-7-8-20(12)15-9-14(18-11-19-15)17-10-13-5-3-2-4-6-13/h2-9,11H,10H2,1H3,(H,17,18,19). The van der Waals surface area contributed by atoms with Gasteiger partial charge in [-0.05, 0) is 12.5 Å². The minimum atomic E-state index is 0.736. The van der Waals surface area contributed by atoms with E-state index in [0.717, 1.165) is 24.0 Å². The third-order valence-electron chi connectivity index (χ3n) is 3.04. The van der Waals surface area contributed by atoms with Crippen molar-refractivity contribution in [2.75, 3.05) is 5.32 Å². The first kappa shape index (κ1) is 12.3. The molecule has 5 nitrogen and oxygen atoms in total. The van der Waals surface area contributed by atoms with Gasteiger partial charge in [-0.15, -0.1) is 0 Å². The van der Waals surface area contributed by atoms with E-state index in [1.807, 2.05) is 42.0 Å². The van der Waals surface area contributed by atoms with Crippen LogP contribution in [0, 0.1) is 6.92 Å². The molecule has 3 aromatic rings. The largest absolute Gasteiger partial charge is 0.366 e. The zero-order valence-corrected chi connectivity index (χ0v) is 11.2. The van der Waals surface area contributed by atoms with Crippen LogP contribution in [0.3, 0.4) is 0 Å². The first-order chi connectivity index (χ1) is 9.83. The number of aromatic nitrogens is 4. The van der Waals surface area contributed by atoms with Crippen LogP contribution < -0.4 is 5.32 Å². The van der Waals surface area contributed by atoms with Gasteiger partial charge in [0, 0.05) is 25.0 Å². The van der Waals surface area contributed by atoms with Gasteiger partial charge in [-0.2, -0.15) is 0 Å². The Labute approximate surface area is 117 Å². The summed E-state index contributed by atoms with van der Waals surface area (Å²) >= 11 is 0. The Kier molecular flexibility index (Phi) is 3.41. The van der Waals surface area contributed by atoms with Crippen molar-refractivity contribution in [3.05, 3.63) is 66.5 Å². The monoisotopic (exact) mass is 265 g/mol. The maximum Gasteiger partial charge on any atom is 0.143 e. The van der Waals surface area contributed by atoms with Crippen LogP contribution in [0.4, 0.5) is 5.82 Å². The Bertz CT molecular complexity index is 690. The summed E-state index contributed by atoms with van der Waals surface area (Å²) in [6.07, 6.45) is 5.20. The van der Waals surface area contributed by atoms with Crippen molar-refractivity contribution in [2.24, 2.45) is 0 Å². The van der Waals surface area contributed by atoms with Crippen LogP contribution in [0.2, 0.25) is 0 Å². The second-order valence-corrected chi connectivity index (χ2v) is 4.45. The molecule has 0 bridgehead atoms. The van der Waals surface area contributed by atoms with Crippen LogP contribution >= 0.6 is 0 Å². The summed E-state index contributed by atoms with van der Waals surface area (Å²) in [7, 11) is 0. The average molecular weight is 265 g/mol.